The summed E-state index contributed by atoms with van der Waals surface area (Å²) in [5.74, 6) is 1.70. The topological polar surface area (TPSA) is 34.2 Å². The second-order valence-corrected chi connectivity index (χ2v) is 5.49. The lowest BCUT2D eigenvalue weighted by atomic mass is 9.90. The van der Waals surface area contributed by atoms with E-state index in [2.05, 4.69) is 10.3 Å². The molecule has 1 aliphatic carbocycles. The predicted octanol–water partition coefficient (Wildman–Crippen LogP) is 4.39. The molecular weight excluding hydrogens is 271 g/mol. The first-order valence-electron chi connectivity index (χ1n) is 6.37. The summed E-state index contributed by atoms with van der Waals surface area (Å²) < 4.78 is 5.73. The van der Waals surface area contributed by atoms with Gasteiger partial charge in [-0.3, -0.25) is 0 Å². The minimum atomic E-state index is 0.467. The van der Waals surface area contributed by atoms with Gasteiger partial charge < -0.3 is 10.1 Å². The Balaban J connectivity index is 1.99. The molecule has 0 saturated heterocycles. The standard InChI is InChI=1S/C13H18Cl2N2O/c1-16-12-10(14)7-11(15)13(17-12)18-8-9-5-3-2-4-6-9/h7,9H,2-6,8H2,1H3,(H,16,17). The van der Waals surface area contributed by atoms with Gasteiger partial charge in [-0.05, 0) is 24.8 Å². The predicted molar refractivity (Wildman–Crippen MR) is 75.9 cm³/mol. The Morgan fingerprint density at radius 1 is 1.28 bits per heavy atom. The van der Waals surface area contributed by atoms with Crippen LogP contribution in [0.2, 0.25) is 10.0 Å². The van der Waals surface area contributed by atoms with Crippen molar-refractivity contribution in [2.45, 2.75) is 32.1 Å². The Morgan fingerprint density at radius 2 is 2.00 bits per heavy atom. The van der Waals surface area contributed by atoms with Gasteiger partial charge in [-0.25, -0.2) is 0 Å². The van der Waals surface area contributed by atoms with Crippen LogP contribution in [0.15, 0.2) is 6.07 Å². The van der Waals surface area contributed by atoms with E-state index < -0.39 is 0 Å². The SMILES string of the molecule is CNc1nc(OCC2CCCCC2)c(Cl)cc1Cl. The van der Waals surface area contributed by atoms with Crippen LogP contribution < -0.4 is 10.1 Å². The van der Waals surface area contributed by atoms with Gasteiger partial charge in [0, 0.05) is 7.05 Å². The fraction of sp³-hybridized carbons (Fsp3) is 0.615. The van der Waals surface area contributed by atoms with E-state index in [1.165, 1.54) is 32.1 Å². The van der Waals surface area contributed by atoms with Gasteiger partial charge in [-0.15, -0.1) is 0 Å². The Hall–Kier alpha value is -0.670. The first-order valence-corrected chi connectivity index (χ1v) is 7.13. The third kappa shape index (κ3) is 3.42. The van der Waals surface area contributed by atoms with Crippen molar-refractivity contribution in [3.05, 3.63) is 16.1 Å². The zero-order valence-electron chi connectivity index (χ0n) is 10.5. The van der Waals surface area contributed by atoms with Gasteiger partial charge >= 0.3 is 0 Å². The van der Waals surface area contributed by atoms with Crippen molar-refractivity contribution < 1.29 is 4.74 Å². The summed E-state index contributed by atoms with van der Waals surface area (Å²) in [5, 5.41) is 3.89. The number of anilines is 1. The van der Waals surface area contributed by atoms with Crippen LogP contribution in [0.3, 0.4) is 0 Å². The molecule has 2 rings (SSSR count). The highest BCUT2D eigenvalue weighted by Crippen LogP contribution is 2.31. The summed E-state index contributed by atoms with van der Waals surface area (Å²) in [5.41, 5.74) is 0. The molecule has 0 bridgehead atoms. The molecule has 0 amide bonds. The summed E-state index contributed by atoms with van der Waals surface area (Å²) in [4.78, 5) is 4.28. The van der Waals surface area contributed by atoms with Crippen molar-refractivity contribution in [3.8, 4) is 5.88 Å². The maximum atomic E-state index is 6.08. The summed E-state index contributed by atoms with van der Waals surface area (Å²) in [6, 6.07) is 1.66. The van der Waals surface area contributed by atoms with Crippen molar-refractivity contribution in [1.82, 2.24) is 4.98 Å². The number of ether oxygens (including phenoxy) is 1. The fourth-order valence-electron chi connectivity index (χ4n) is 2.28. The Kier molecular flexibility index (Phi) is 4.95. The lowest BCUT2D eigenvalue weighted by Crippen LogP contribution is -2.16. The summed E-state index contributed by atoms with van der Waals surface area (Å²) in [6.45, 7) is 0.692. The van der Waals surface area contributed by atoms with Gasteiger partial charge in [-0.2, -0.15) is 4.98 Å². The second-order valence-electron chi connectivity index (χ2n) is 4.67. The number of pyridine rings is 1. The third-order valence-corrected chi connectivity index (χ3v) is 3.87. The van der Waals surface area contributed by atoms with Gasteiger partial charge in [0.15, 0.2) is 0 Å². The molecule has 1 saturated carbocycles. The fourth-order valence-corrected chi connectivity index (χ4v) is 2.78. The molecule has 1 aromatic heterocycles. The number of hydrogen-bond acceptors (Lipinski definition) is 3. The number of nitrogens with one attached hydrogen (secondary N) is 1. The number of aromatic nitrogens is 1. The number of nitrogens with zero attached hydrogens (tertiary/aromatic N) is 1. The Bertz CT molecular complexity index is 406. The van der Waals surface area contributed by atoms with Crippen LogP contribution in [0.1, 0.15) is 32.1 Å². The zero-order chi connectivity index (χ0) is 13.0. The van der Waals surface area contributed by atoms with Crippen LogP contribution in [0.5, 0.6) is 5.88 Å². The molecule has 5 heteroatoms. The highest BCUT2D eigenvalue weighted by atomic mass is 35.5. The molecule has 0 atom stereocenters. The molecule has 1 fully saturated rings. The smallest absolute Gasteiger partial charge is 0.234 e. The normalized spacial score (nSPS) is 16.6. The molecule has 18 heavy (non-hydrogen) atoms. The first kappa shape index (κ1) is 13.8. The second kappa shape index (κ2) is 6.48. The largest absolute Gasteiger partial charge is 0.476 e. The van der Waals surface area contributed by atoms with E-state index in [-0.39, 0.29) is 0 Å². The van der Waals surface area contributed by atoms with E-state index in [9.17, 15) is 0 Å². The Morgan fingerprint density at radius 3 is 2.67 bits per heavy atom. The Labute approximate surface area is 118 Å². The average molecular weight is 289 g/mol. The van der Waals surface area contributed by atoms with E-state index in [4.69, 9.17) is 27.9 Å². The minimum Gasteiger partial charge on any atom is -0.476 e. The molecule has 100 valence electrons. The van der Waals surface area contributed by atoms with Crippen LogP contribution in [-0.2, 0) is 0 Å². The molecule has 3 nitrogen and oxygen atoms in total. The summed E-state index contributed by atoms with van der Waals surface area (Å²) in [7, 11) is 1.77. The van der Waals surface area contributed by atoms with Gasteiger partial charge in [-0.1, -0.05) is 42.5 Å². The lowest BCUT2D eigenvalue weighted by molar-refractivity contribution is 0.203. The van der Waals surface area contributed by atoms with E-state index in [1.807, 2.05) is 0 Å². The van der Waals surface area contributed by atoms with E-state index in [0.717, 1.165) is 0 Å². The van der Waals surface area contributed by atoms with Crippen LogP contribution in [0, 0.1) is 5.92 Å². The molecular formula is C13H18Cl2N2O. The van der Waals surface area contributed by atoms with Crippen molar-refractivity contribution in [3.63, 3.8) is 0 Å². The maximum absolute atomic E-state index is 6.08. The van der Waals surface area contributed by atoms with Crippen molar-refractivity contribution >= 4 is 29.0 Å². The molecule has 0 aromatic carbocycles. The third-order valence-electron chi connectivity index (χ3n) is 3.31. The van der Waals surface area contributed by atoms with E-state index in [0.29, 0.717) is 34.3 Å². The minimum absolute atomic E-state index is 0.467. The summed E-state index contributed by atoms with van der Waals surface area (Å²) in [6.07, 6.45) is 6.43. The van der Waals surface area contributed by atoms with Crippen molar-refractivity contribution in [1.29, 1.82) is 0 Å². The van der Waals surface area contributed by atoms with Crippen LogP contribution >= 0.6 is 23.2 Å². The van der Waals surface area contributed by atoms with Crippen LogP contribution in [0.4, 0.5) is 5.82 Å². The highest BCUT2D eigenvalue weighted by molar-refractivity contribution is 6.36. The van der Waals surface area contributed by atoms with Crippen molar-refractivity contribution in [2.75, 3.05) is 19.0 Å². The first-order chi connectivity index (χ1) is 8.70. The average Bonchev–Trinajstić information content (AvgIpc) is 2.39. The summed E-state index contributed by atoms with van der Waals surface area (Å²) >= 11 is 12.1. The number of hydrogen-bond donors (Lipinski definition) is 1. The van der Waals surface area contributed by atoms with Gasteiger partial charge in [0.2, 0.25) is 5.88 Å². The van der Waals surface area contributed by atoms with Crippen molar-refractivity contribution in [2.24, 2.45) is 5.92 Å². The van der Waals surface area contributed by atoms with E-state index in [1.54, 1.807) is 13.1 Å². The monoisotopic (exact) mass is 288 g/mol. The number of halogens is 2. The van der Waals surface area contributed by atoms with Crippen LogP contribution in [0.25, 0.3) is 0 Å². The molecule has 0 unspecified atom stereocenters. The molecule has 0 spiro atoms. The molecule has 1 aliphatic rings. The highest BCUT2D eigenvalue weighted by Gasteiger charge is 2.16. The van der Waals surface area contributed by atoms with Gasteiger partial charge in [0.05, 0.1) is 11.6 Å². The quantitative estimate of drug-likeness (QED) is 0.892. The van der Waals surface area contributed by atoms with Crippen LogP contribution in [-0.4, -0.2) is 18.6 Å². The molecule has 0 aliphatic heterocycles. The maximum Gasteiger partial charge on any atom is 0.234 e. The molecule has 1 heterocycles. The van der Waals surface area contributed by atoms with Gasteiger partial charge in [0.1, 0.15) is 10.8 Å². The van der Waals surface area contributed by atoms with E-state index >= 15 is 0 Å². The molecule has 1 aromatic rings. The van der Waals surface area contributed by atoms with Gasteiger partial charge in [0.25, 0.3) is 0 Å². The molecule has 1 N–H and O–H groups in total. The zero-order valence-corrected chi connectivity index (χ0v) is 12.0. The number of rotatable bonds is 4. The molecule has 0 radical (unpaired) electrons. The lowest BCUT2D eigenvalue weighted by Gasteiger charge is -2.21.